The van der Waals surface area contributed by atoms with Gasteiger partial charge in [0.1, 0.15) is 22.6 Å². The first-order valence-corrected chi connectivity index (χ1v) is 7.32. The number of ether oxygens (including phenoxy) is 2. The van der Waals surface area contributed by atoms with E-state index in [1.165, 1.54) is 0 Å². The van der Waals surface area contributed by atoms with Crippen molar-refractivity contribution >= 4 is 14.7 Å². The number of para-hydroxylation sites is 1. The summed E-state index contributed by atoms with van der Waals surface area (Å²) in [5.74, 6) is 1.42. The van der Waals surface area contributed by atoms with Crippen LogP contribution in [0, 0.1) is 0 Å². The predicted molar refractivity (Wildman–Crippen MR) is 89.2 cm³/mol. The van der Waals surface area contributed by atoms with E-state index in [4.69, 9.17) is 9.47 Å². The number of benzene rings is 2. The van der Waals surface area contributed by atoms with Crippen LogP contribution < -0.4 is 14.9 Å². The lowest BCUT2D eigenvalue weighted by Crippen LogP contribution is -2.05. The summed E-state index contributed by atoms with van der Waals surface area (Å²) in [5, 5.41) is 8.43. The number of methoxy groups -OCH3 is 2. The molecular weight excluding hydrogens is 297 g/mol. The van der Waals surface area contributed by atoms with Crippen molar-refractivity contribution in [2.45, 2.75) is 0 Å². The first-order valence-electron chi connectivity index (χ1n) is 6.74. The highest BCUT2D eigenvalue weighted by Crippen LogP contribution is 2.38. The van der Waals surface area contributed by atoms with Gasteiger partial charge >= 0.3 is 0 Å². The van der Waals surface area contributed by atoms with Gasteiger partial charge in [0.15, 0.2) is 0 Å². The minimum Gasteiger partial charge on any atom is -0.496 e. The van der Waals surface area contributed by atoms with Gasteiger partial charge in [0.05, 0.1) is 25.5 Å². The van der Waals surface area contributed by atoms with Gasteiger partial charge in [-0.2, -0.15) is 0 Å². The summed E-state index contributed by atoms with van der Waals surface area (Å²) in [6.45, 7) is 0. The molecule has 1 heterocycles. The lowest BCUT2D eigenvalue weighted by atomic mass is 10.1. The molecule has 22 heavy (non-hydrogen) atoms. The van der Waals surface area contributed by atoms with Gasteiger partial charge in [-0.3, -0.25) is 0 Å². The molecule has 0 saturated carbocycles. The maximum Gasteiger partial charge on any atom is 0.132 e. The standard InChI is InChI=1S/C16H16N3O2P/c1-20-12-9-6-10-13(21-2)14(12)15-16(22)17-18-19(15)11-7-4-3-5-8-11/h3-10H,22H2,1-2H3. The van der Waals surface area contributed by atoms with E-state index in [0.29, 0.717) is 11.5 Å². The molecule has 2 aromatic carbocycles. The van der Waals surface area contributed by atoms with Crippen LogP contribution >= 0.6 is 9.24 Å². The topological polar surface area (TPSA) is 49.2 Å². The highest BCUT2D eigenvalue weighted by Gasteiger charge is 2.21. The Morgan fingerprint density at radius 3 is 2.14 bits per heavy atom. The molecule has 0 bridgehead atoms. The van der Waals surface area contributed by atoms with Gasteiger partial charge in [0.2, 0.25) is 0 Å². The Morgan fingerprint density at radius 1 is 0.909 bits per heavy atom. The highest BCUT2D eigenvalue weighted by atomic mass is 31.0. The molecule has 0 amide bonds. The van der Waals surface area contributed by atoms with Gasteiger partial charge in [-0.1, -0.05) is 38.7 Å². The monoisotopic (exact) mass is 313 g/mol. The first-order chi connectivity index (χ1) is 10.8. The molecule has 0 aliphatic heterocycles. The van der Waals surface area contributed by atoms with E-state index in [0.717, 1.165) is 22.4 Å². The molecule has 6 heteroatoms. The molecular formula is C16H16N3O2P. The van der Waals surface area contributed by atoms with Crippen LogP contribution in [0.4, 0.5) is 0 Å². The Hall–Kier alpha value is -2.39. The van der Waals surface area contributed by atoms with Gasteiger partial charge < -0.3 is 9.47 Å². The Morgan fingerprint density at radius 2 is 1.55 bits per heavy atom. The van der Waals surface area contributed by atoms with E-state index in [2.05, 4.69) is 19.6 Å². The van der Waals surface area contributed by atoms with Gasteiger partial charge in [-0.25, -0.2) is 4.68 Å². The fraction of sp³-hybridized carbons (Fsp3) is 0.125. The number of nitrogens with zero attached hydrogens (tertiary/aromatic N) is 3. The van der Waals surface area contributed by atoms with Gasteiger partial charge in [-0.15, -0.1) is 5.10 Å². The van der Waals surface area contributed by atoms with Crippen LogP contribution in [-0.2, 0) is 0 Å². The van der Waals surface area contributed by atoms with Crippen molar-refractivity contribution in [1.82, 2.24) is 15.0 Å². The molecule has 0 saturated heterocycles. The summed E-state index contributed by atoms with van der Waals surface area (Å²) < 4.78 is 12.8. The van der Waals surface area contributed by atoms with E-state index in [-0.39, 0.29) is 0 Å². The molecule has 0 N–H and O–H groups in total. The lowest BCUT2D eigenvalue weighted by Gasteiger charge is -2.14. The smallest absolute Gasteiger partial charge is 0.132 e. The normalized spacial score (nSPS) is 10.5. The zero-order valence-corrected chi connectivity index (χ0v) is 13.5. The maximum atomic E-state index is 5.50. The fourth-order valence-electron chi connectivity index (χ4n) is 2.36. The van der Waals surface area contributed by atoms with E-state index >= 15 is 0 Å². The van der Waals surface area contributed by atoms with Crippen LogP contribution in [0.15, 0.2) is 48.5 Å². The molecule has 3 aromatic rings. The van der Waals surface area contributed by atoms with E-state index in [9.17, 15) is 0 Å². The minimum absolute atomic E-state index is 0.711. The molecule has 0 fully saturated rings. The summed E-state index contributed by atoms with van der Waals surface area (Å²) in [6.07, 6.45) is 0. The number of rotatable bonds is 4. The average molecular weight is 313 g/mol. The van der Waals surface area contributed by atoms with Crippen molar-refractivity contribution in [3.8, 4) is 28.4 Å². The van der Waals surface area contributed by atoms with Crippen molar-refractivity contribution in [3.05, 3.63) is 48.5 Å². The SMILES string of the molecule is COc1cccc(OC)c1-c1c(P)nnn1-c1ccccc1. The molecule has 0 spiro atoms. The fourth-order valence-corrected chi connectivity index (χ4v) is 2.68. The molecule has 1 aromatic heterocycles. The second-order valence-electron chi connectivity index (χ2n) is 4.61. The zero-order chi connectivity index (χ0) is 15.5. The van der Waals surface area contributed by atoms with Crippen LogP contribution in [0.1, 0.15) is 0 Å². The third kappa shape index (κ3) is 2.44. The van der Waals surface area contributed by atoms with Crippen LogP contribution in [-0.4, -0.2) is 29.2 Å². The Kier molecular flexibility index (Phi) is 4.07. The van der Waals surface area contributed by atoms with Crippen molar-refractivity contribution in [2.75, 3.05) is 14.2 Å². The van der Waals surface area contributed by atoms with Crippen LogP contribution in [0.5, 0.6) is 11.5 Å². The van der Waals surface area contributed by atoms with Crippen molar-refractivity contribution in [3.63, 3.8) is 0 Å². The molecule has 0 radical (unpaired) electrons. The quantitative estimate of drug-likeness (QED) is 0.694. The molecule has 5 nitrogen and oxygen atoms in total. The number of hydrogen-bond donors (Lipinski definition) is 0. The predicted octanol–water partition coefficient (Wildman–Crippen LogP) is 2.45. The van der Waals surface area contributed by atoms with E-state index in [1.54, 1.807) is 18.9 Å². The third-order valence-corrected chi connectivity index (χ3v) is 3.75. The lowest BCUT2D eigenvalue weighted by molar-refractivity contribution is 0.397. The maximum absolute atomic E-state index is 5.50. The minimum atomic E-state index is 0.711. The number of hydrogen-bond acceptors (Lipinski definition) is 4. The molecule has 112 valence electrons. The van der Waals surface area contributed by atoms with Crippen LogP contribution in [0.3, 0.4) is 0 Å². The highest BCUT2D eigenvalue weighted by molar-refractivity contribution is 7.27. The van der Waals surface area contributed by atoms with Gasteiger partial charge in [0.25, 0.3) is 0 Å². The van der Waals surface area contributed by atoms with Crippen LogP contribution in [0.25, 0.3) is 16.9 Å². The first kappa shape index (κ1) is 14.5. The van der Waals surface area contributed by atoms with E-state index in [1.807, 2.05) is 48.5 Å². The van der Waals surface area contributed by atoms with Gasteiger partial charge in [-0.05, 0) is 24.3 Å². The second kappa shape index (κ2) is 6.16. The molecule has 1 unspecified atom stereocenters. The molecule has 3 rings (SSSR count). The Balaban J connectivity index is 2.28. The molecule has 0 aliphatic carbocycles. The summed E-state index contributed by atoms with van der Waals surface area (Å²) in [7, 11) is 5.88. The summed E-state index contributed by atoms with van der Waals surface area (Å²) in [4.78, 5) is 0. The van der Waals surface area contributed by atoms with Crippen molar-refractivity contribution < 1.29 is 9.47 Å². The second-order valence-corrected chi connectivity index (χ2v) is 5.16. The summed E-state index contributed by atoms with van der Waals surface area (Å²) in [5.41, 5.74) is 3.30. The largest absolute Gasteiger partial charge is 0.496 e. The van der Waals surface area contributed by atoms with E-state index < -0.39 is 0 Å². The summed E-state index contributed by atoms with van der Waals surface area (Å²) in [6, 6.07) is 15.5. The number of aromatic nitrogens is 3. The van der Waals surface area contributed by atoms with Crippen molar-refractivity contribution in [2.24, 2.45) is 0 Å². The van der Waals surface area contributed by atoms with Gasteiger partial charge in [0, 0.05) is 0 Å². The Bertz CT molecular complexity index is 765. The van der Waals surface area contributed by atoms with Crippen LogP contribution in [0.2, 0.25) is 0 Å². The average Bonchev–Trinajstić information content (AvgIpc) is 2.96. The summed E-state index contributed by atoms with van der Waals surface area (Å²) >= 11 is 0. The third-order valence-electron chi connectivity index (χ3n) is 3.36. The molecule has 1 atom stereocenters. The molecule has 0 aliphatic rings. The zero-order valence-electron chi connectivity index (χ0n) is 12.4. The van der Waals surface area contributed by atoms with Crippen molar-refractivity contribution in [1.29, 1.82) is 0 Å². The Labute approximate surface area is 131 Å².